The lowest BCUT2D eigenvalue weighted by Crippen LogP contribution is -2.19. The second kappa shape index (κ2) is 26.4. The summed E-state index contributed by atoms with van der Waals surface area (Å²) >= 11 is 2.46. The third-order valence-electron chi connectivity index (χ3n) is 5.86. The number of aliphatic hydroxyl groups excluding tert-OH is 1. The molecule has 0 aromatic carbocycles. The zero-order valence-electron chi connectivity index (χ0n) is 20.5. The third-order valence-corrected chi connectivity index (χ3v) is 6.62. The van der Waals surface area contributed by atoms with Crippen molar-refractivity contribution in [2.75, 3.05) is 24.1 Å². The average molecular weight is 554 g/mol. The summed E-state index contributed by atoms with van der Waals surface area (Å²) in [7, 11) is 0. The van der Waals surface area contributed by atoms with E-state index >= 15 is 0 Å². The largest absolute Gasteiger partial charge is 0.462 e. The minimum absolute atomic E-state index is 0.0190. The lowest BCUT2D eigenvalue weighted by atomic mass is 10.0. The average Bonchev–Trinajstić information content (AvgIpc) is 2.77. The van der Waals surface area contributed by atoms with E-state index < -0.39 is 0 Å². The number of ether oxygens (including phenoxy) is 1. The fourth-order valence-corrected chi connectivity index (χ4v) is 4.45. The summed E-state index contributed by atoms with van der Waals surface area (Å²) in [6.45, 7) is 4.12. The first kappa shape index (κ1) is 31.1. The van der Waals surface area contributed by atoms with Gasteiger partial charge in [-0.05, 0) is 55.9 Å². The Balaban J connectivity index is 3.94. The highest BCUT2D eigenvalue weighted by Gasteiger charge is 2.14. The van der Waals surface area contributed by atoms with Crippen molar-refractivity contribution in [3.05, 3.63) is 0 Å². The Hall–Kier alpha value is 0.120. The van der Waals surface area contributed by atoms with Gasteiger partial charge in [0, 0.05) is 13.0 Å². The van der Waals surface area contributed by atoms with E-state index in [1.165, 1.54) is 87.9 Å². The van der Waals surface area contributed by atoms with Crippen molar-refractivity contribution in [3.63, 3.8) is 0 Å². The van der Waals surface area contributed by atoms with Crippen LogP contribution in [0.2, 0.25) is 0 Å². The van der Waals surface area contributed by atoms with Crippen LogP contribution >= 0.6 is 22.6 Å². The predicted octanol–water partition coefficient (Wildman–Crippen LogP) is 7.35. The summed E-state index contributed by atoms with van der Waals surface area (Å²) in [6, 6.07) is 0. The van der Waals surface area contributed by atoms with Gasteiger partial charge in [-0.1, -0.05) is 100 Å². The lowest BCUT2D eigenvalue weighted by molar-refractivity contribution is -0.150. The molecule has 0 amide bonds. The van der Waals surface area contributed by atoms with E-state index in [1.807, 2.05) is 0 Å². The summed E-state index contributed by atoms with van der Waals surface area (Å²) in [5.74, 6) is 0.0190. The van der Waals surface area contributed by atoms with Gasteiger partial charge in [0.25, 0.3) is 0 Å². The summed E-state index contributed by atoms with van der Waals surface area (Å²) in [5, 5.41) is 11.9. The van der Waals surface area contributed by atoms with Crippen molar-refractivity contribution in [1.82, 2.24) is 5.32 Å². The third kappa shape index (κ3) is 24.6. The molecule has 2 N–H and O–H groups in total. The first-order valence-electron chi connectivity index (χ1n) is 13.3. The van der Waals surface area contributed by atoms with Gasteiger partial charge in [-0.15, -0.1) is 0 Å². The molecule has 0 aliphatic carbocycles. The molecule has 0 heterocycles. The zero-order valence-corrected chi connectivity index (χ0v) is 22.6. The maximum atomic E-state index is 12.4. The van der Waals surface area contributed by atoms with Gasteiger partial charge in [0.1, 0.15) is 6.10 Å². The topological polar surface area (TPSA) is 58.6 Å². The lowest BCUT2D eigenvalue weighted by Gasteiger charge is -2.18. The molecule has 1 unspecified atom stereocenters. The van der Waals surface area contributed by atoms with Gasteiger partial charge in [0.2, 0.25) is 0 Å². The Morgan fingerprint density at radius 3 is 1.94 bits per heavy atom. The molecule has 0 radical (unpaired) electrons. The Bertz CT molecular complexity index is 353. The van der Waals surface area contributed by atoms with Crippen LogP contribution in [0.15, 0.2) is 0 Å². The number of hydrogen-bond acceptors (Lipinski definition) is 4. The minimum atomic E-state index is 0.0190. The Labute approximate surface area is 207 Å². The van der Waals surface area contributed by atoms with Crippen LogP contribution in [0.4, 0.5) is 0 Å². The monoisotopic (exact) mass is 553 g/mol. The number of aliphatic hydroxyl groups is 1. The molecule has 0 saturated heterocycles. The number of halogens is 1. The number of nitrogens with one attached hydrogen (secondary N) is 1. The van der Waals surface area contributed by atoms with E-state index in [-0.39, 0.29) is 18.7 Å². The van der Waals surface area contributed by atoms with Gasteiger partial charge in [-0.3, -0.25) is 4.79 Å². The quantitative estimate of drug-likeness (QED) is 0.0537. The Morgan fingerprint density at radius 1 is 0.774 bits per heavy atom. The van der Waals surface area contributed by atoms with Gasteiger partial charge < -0.3 is 15.2 Å². The molecule has 0 rings (SSSR count). The maximum absolute atomic E-state index is 12.4. The van der Waals surface area contributed by atoms with Gasteiger partial charge >= 0.3 is 5.97 Å². The van der Waals surface area contributed by atoms with Gasteiger partial charge in [0.15, 0.2) is 0 Å². The smallest absolute Gasteiger partial charge is 0.306 e. The highest BCUT2D eigenvalue weighted by atomic mass is 127. The van der Waals surface area contributed by atoms with Crippen molar-refractivity contribution in [1.29, 1.82) is 0 Å². The maximum Gasteiger partial charge on any atom is 0.306 e. The number of alkyl halides is 1. The molecule has 0 fully saturated rings. The van der Waals surface area contributed by atoms with Crippen molar-refractivity contribution in [2.45, 2.75) is 135 Å². The minimum Gasteiger partial charge on any atom is -0.462 e. The van der Waals surface area contributed by atoms with Gasteiger partial charge in [-0.2, -0.15) is 0 Å². The van der Waals surface area contributed by atoms with Crippen molar-refractivity contribution >= 4 is 28.6 Å². The molecule has 31 heavy (non-hydrogen) atoms. The highest BCUT2D eigenvalue weighted by Crippen LogP contribution is 2.18. The van der Waals surface area contributed by atoms with E-state index in [0.29, 0.717) is 13.0 Å². The van der Waals surface area contributed by atoms with E-state index in [2.05, 4.69) is 34.8 Å². The second-order valence-electron chi connectivity index (χ2n) is 8.91. The van der Waals surface area contributed by atoms with Crippen molar-refractivity contribution < 1.29 is 14.6 Å². The van der Waals surface area contributed by atoms with Crippen LogP contribution in [-0.2, 0) is 9.53 Å². The van der Waals surface area contributed by atoms with E-state index in [0.717, 1.165) is 38.6 Å². The zero-order chi connectivity index (χ0) is 22.8. The number of carbonyl (C=O) groups is 1. The van der Waals surface area contributed by atoms with Crippen molar-refractivity contribution in [2.24, 2.45) is 0 Å². The van der Waals surface area contributed by atoms with Crippen LogP contribution in [0.3, 0.4) is 0 Å². The first-order valence-corrected chi connectivity index (χ1v) is 14.8. The molecule has 0 saturated carbocycles. The number of carbonyl (C=O) groups excluding carboxylic acids is 1. The van der Waals surface area contributed by atoms with Crippen LogP contribution in [0.25, 0.3) is 0 Å². The number of unbranched alkanes of at least 4 members (excludes halogenated alkanes) is 13. The molecule has 0 aliphatic heterocycles. The molecule has 5 heteroatoms. The molecule has 0 aromatic rings. The number of esters is 1. The molecule has 0 aliphatic rings. The molecule has 0 spiro atoms. The summed E-state index contributed by atoms with van der Waals surface area (Å²) in [5.41, 5.74) is 0. The van der Waals surface area contributed by atoms with E-state index in [1.54, 1.807) is 0 Å². The van der Waals surface area contributed by atoms with Crippen LogP contribution in [0.5, 0.6) is 0 Å². The van der Waals surface area contributed by atoms with Gasteiger partial charge in [0.05, 0.1) is 6.61 Å². The molecule has 186 valence electrons. The molecular formula is C26H52INO3. The molecule has 0 aromatic heterocycles. The molecular weight excluding hydrogens is 501 g/mol. The SMILES string of the molecule is CCCCCCCCC(CCCCCCCI)OC(=O)CCCCCCCNCCO. The van der Waals surface area contributed by atoms with Gasteiger partial charge in [-0.25, -0.2) is 0 Å². The number of rotatable bonds is 25. The predicted molar refractivity (Wildman–Crippen MR) is 142 cm³/mol. The molecule has 1 atom stereocenters. The fourth-order valence-electron chi connectivity index (χ4n) is 3.91. The van der Waals surface area contributed by atoms with E-state index in [4.69, 9.17) is 9.84 Å². The van der Waals surface area contributed by atoms with Crippen LogP contribution in [0, 0.1) is 0 Å². The summed E-state index contributed by atoms with van der Waals surface area (Å²) < 4.78 is 7.16. The Morgan fingerprint density at radius 2 is 1.32 bits per heavy atom. The van der Waals surface area contributed by atoms with Crippen LogP contribution in [0.1, 0.15) is 129 Å². The van der Waals surface area contributed by atoms with Crippen LogP contribution < -0.4 is 5.32 Å². The summed E-state index contributed by atoms with van der Waals surface area (Å²) in [6.07, 6.45) is 22.6. The molecule has 0 bridgehead atoms. The van der Waals surface area contributed by atoms with E-state index in [9.17, 15) is 4.79 Å². The number of hydrogen-bond donors (Lipinski definition) is 2. The molecule has 4 nitrogen and oxygen atoms in total. The Kier molecular flexibility index (Phi) is 26.5. The van der Waals surface area contributed by atoms with Crippen molar-refractivity contribution in [3.8, 4) is 0 Å². The second-order valence-corrected chi connectivity index (χ2v) is 9.98. The fraction of sp³-hybridized carbons (Fsp3) is 0.962. The summed E-state index contributed by atoms with van der Waals surface area (Å²) in [4.78, 5) is 12.4. The van der Waals surface area contributed by atoms with Crippen LogP contribution in [-0.4, -0.2) is 41.3 Å². The first-order chi connectivity index (χ1) is 15.2. The highest BCUT2D eigenvalue weighted by molar-refractivity contribution is 14.1. The normalized spacial score (nSPS) is 12.2. The standard InChI is InChI=1S/C26H52INO3/c1-2-3-4-5-8-13-18-25(19-14-9-6-11-16-21-27)31-26(30)20-15-10-7-12-17-22-28-23-24-29/h25,28-29H,2-24H2,1H3.